The molecule has 0 unspecified atom stereocenters. The molecular formula is C16H20BrN3S. The highest BCUT2D eigenvalue weighted by molar-refractivity contribution is 9.10. The average molecular weight is 366 g/mol. The van der Waals surface area contributed by atoms with E-state index in [1.54, 1.807) is 11.8 Å². The Hall–Kier alpha value is -1.07. The van der Waals surface area contributed by atoms with Gasteiger partial charge < -0.3 is 5.32 Å². The fourth-order valence-corrected chi connectivity index (χ4v) is 3.46. The number of nitrogens with one attached hydrogen (secondary N) is 1. The lowest BCUT2D eigenvalue weighted by Gasteiger charge is -2.13. The number of aryl methyl sites for hydroxylation is 1. The van der Waals surface area contributed by atoms with E-state index in [1.165, 1.54) is 4.90 Å². The molecule has 0 spiro atoms. The zero-order valence-corrected chi connectivity index (χ0v) is 15.0. The van der Waals surface area contributed by atoms with Crippen molar-refractivity contribution in [2.75, 3.05) is 11.9 Å². The summed E-state index contributed by atoms with van der Waals surface area (Å²) < 4.78 is 1.08. The molecule has 0 saturated carbocycles. The molecule has 1 heterocycles. The fourth-order valence-electron chi connectivity index (χ4n) is 1.96. The van der Waals surface area contributed by atoms with Crippen LogP contribution in [-0.4, -0.2) is 16.5 Å². The van der Waals surface area contributed by atoms with Crippen LogP contribution in [0.5, 0.6) is 0 Å². The molecule has 5 heteroatoms. The number of aromatic nitrogens is 2. The van der Waals surface area contributed by atoms with Crippen LogP contribution in [-0.2, 0) is 6.42 Å². The maximum absolute atomic E-state index is 4.73. The Morgan fingerprint density at radius 2 is 2.05 bits per heavy atom. The largest absolute Gasteiger partial charge is 0.370 e. The second-order valence-electron chi connectivity index (χ2n) is 4.76. The van der Waals surface area contributed by atoms with E-state index in [0.29, 0.717) is 0 Å². The quantitative estimate of drug-likeness (QED) is 0.724. The van der Waals surface area contributed by atoms with Gasteiger partial charge in [-0.25, -0.2) is 9.97 Å². The van der Waals surface area contributed by atoms with E-state index in [9.17, 15) is 0 Å². The maximum atomic E-state index is 4.73. The molecule has 0 aliphatic heterocycles. The van der Waals surface area contributed by atoms with Gasteiger partial charge in [0.05, 0.1) is 0 Å². The Labute approximate surface area is 139 Å². The molecule has 1 aromatic carbocycles. The second kappa shape index (κ2) is 7.80. The number of benzene rings is 1. The van der Waals surface area contributed by atoms with E-state index in [1.807, 2.05) is 12.1 Å². The van der Waals surface area contributed by atoms with Gasteiger partial charge in [-0.3, -0.25) is 0 Å². The van der Waals surface area contributed by atoms with Crippen LogP contribution in [0.1, 0.15) is 31.7 Å². The van der Waals surface area contributed by atoms with Crippen molar-refractivity contribution in [1.82, 2.24) is 9.97 Å². The minimum Gasteiger partial charge on any atom is -0.370 e. The number of halogens is 1. The molecule has 2 aromatic rings. The molecule has 0 bridgehead atoms. The summed E-state index contributed by atoms with van der Waals surface area (Å²) in [5.41, 5.74) is 1.11. The molecule has 0 atom stereocenters. The van der Waals surface area contributed by atoms with Crippen molar-refractivity contribution >= 4 is 33.5 Å². The van der Waals surface area contributed by atoms with Crippen LogP contribution in [0.3, 0.4) is 0 Å². The van der Waals surface area contributed by atoms with Crippen molar-refractivity contribution in [2.45, 2.75) is 43.5 Å². The standard InChI is InChI=1S/C16H20BrN3S/c1-4-7-14-19-15(18-5-2)11(3)16(20-14)21-13-9-6-8-12(17)10-13/h6,8-10H,4-5,7H2,1-3H3,(H,18,19,20). The van der Waals surface area contributed by atoms with Crippen LogP contribution >= 0.6 is 27.7 Å². The van der Waals surface area contributed by atoms with Gasteiger partial charge in [0.2, 0.25) is 0 Å². The van der Waals surface area contributed by atoms with Crippen molar-refractivity contribution in [3.05, 3.63) is 40.1 Å². The zero-order chi connectivity index (χ0) is 15.2. The molecule has 3 nitrogen and oxygen atoms in total. The summed E-state index contributed by atoms with van der Waals surface area (Å²) in [7, 11) is 0. The first kappa shape index (κ1) is 16.3. The number of hydrogen-bond donors (Lipinski definition) is 1. The highest BCUT2D eigenvalue weighted by atomic mass is 79.9. The third-order valence-corrected chi connectivity index (χ3v) is 4.55. The van der Waals surface area contributed by atoms with Gasteiger partial charge in [0, 0.05) is 27.9 Å². The predicted molar refractivity (Wildman–Crippen MR) is 93.2 cm³/mol. The van der Waals surface area contributed by atoms with Gasteiger partial charge in [-0.2, -0.15) is 0 Å². The van der Waals surface area contributed by atoms with E-state index in [4.69, 9.17) is 4.98 Å². The zero-order valence-electron chi connectivity index (χ0n) is 12.6. The molecule has 112 valence electrons. The lowest BCUT2D eigenvalue weighted by Crippen LogP contribution is -2.07. The van der Waals surface area contributed by atoms with Crippen molar-refractivity contribution in [3.63, 3.8) is 0 Å². The molecular weight excluding hydrogens is 346 g/mol. The Kier molecular flexibility index (Phi) is 6.06. The summed E-state index contributed by atoms with van der Waals surface area (Å²) in [6.45, 7) is 7.18. The fraction of sp³-hybridized carbons (Fsp3) is 0.375. The molecule has 1 N–H and O–H groups in total. The summed E-state index contributed by atoms with van der Waals surface area (Å²) in [6.07, 6.45) is 1.96. The lowest BCUT2D eigenvalue weighted by atomic mass is 10.3. The normalized spacial score (nSPS) is 10.7. The van der Waals surface area contributed by atoms with E-state index >= 15 is 0 Å². The van der Waals surface area contributed by atoms with Gasteiger partial charge in [0.15, 0.2) is 0 Å². The van der Waals surface area contributed by atoms with Crippen LogP contribution in [0.4, 0.5) is 5.82 Å². The summed E-state index contributed by atoms with van der Waals surface area (Å²) in [6, 6.07) is 8.28. The Morgan fingerprint density at radius 1 is 1.24 bits per heavy atom. The molecule has 0 saturated heterocycles. The summed E-state index contributed by atoms with van der Waals surface area (Å²) >= 11 is 5.20. The van der Waals surface area contributed by atoms with Crippen LogP contribution in [0.2, 0.25) is 0 Å². The molecule has 0 radical (unpaired) electrons. The van der Waals surface area contributed by atoms with Crippen LogP contribution < -0.4 is 5.32 Å². The lowest BCUT2D eigenvalue weighted by molar-refractivity contribution is 0.802. The predicted octanol–water partition coefficient (Wildman–Crippen LogP) is 5.08. The minimum atomic E-state index is 0.865. The summed E-state index contributed by atoms with van der Waals surface area (Å²) in [4.78, 5) is 10.5. The van der Waals surface area contributed by atoms with E-state index in [2.05, 4.69) is 59.1 Å². The molecule has 0 fully saturated rings. The minimum absolute atomic E-state index is 0.865. The molecule has 0 amide bonds. The molecule has 2 rings (SSSR count). The van der Waals surface area contributed by atoms with Gasteiger partial charge in [-0.15, -0.1) is 0 Å². The van der Waals surface area contributed by atoms with E-state index in [-0.39, 0.29) is 0 Å². The van der Waals surface area contributed by atoms with E-state index in [0.717, 1.165) is 46.1 Å². The monoisotopic (exact) mass is 365 g/mol. The summed E-state index contributed by atoms with van der Waals surface area (Å²) in [5.74, 6) is 1.87. The highest BCUT2D eigenvalue weighted by Gasteiger charge is 2.11. The van der Waals surface area contributed by atoms with Gasteiger partial charge in [-0.1, -0.05) is 40.7 Å². The molecule has 0 aliphatic carbocycles. The molecule has 0 aliphatic rings. The first-order valence-electron chi connectivity index (χ1n) is 7.18. The first-order valence-corrected chi connectivity index (χ1v) is 8.79. The number of hydrogen-bond acceptors (Lipinski definition) is 4. The SMILES string of the molecule is CCCc1nc(NCC)c(C)c(Sc2cccc(Br)c2)n1. The number of anilines is 1. The highest BCUT2D eigenvalue weighted by Crippen LogP contribution is 2.32. The van der Waals surface area contributed by atoms with Crippen LogP contribution in [0.25, 0.3) is 0 Å². The topological polar surface area (TPSA) is 37.8 Å². The molecule has 21 heavy (non-hydrogen) atoms. The first-order chi connectivity index (χ1) is 10.1. The second-order valence-corrected chi connectivity index (χ2v) is 6.74. The Balaban J connectivity index is 2.36. The third kappa shape index (κ3) is 4.45. The van der Waals surface area contributed by atoms with Crippen LogP contribution in [0.15, 0.2) is 38.7 Å². The van der Waals surface area contributed by atoms with Gasteiger partial charge in [0.1, 0.15) is 16.7 Å². The van der Waals surface area contributed by atoms with Crippen molar-refractivity contribution < 1.29 is 0 Å². The third-order valence-electron chi connectivity index (χ3n) is 2.98. The number of nitrogens with zero attached hydrogens (tertiary/aromatic N) is 2. The van der Waals surface area contributed by atoms with Gasteiger partial charge in [0.25, 0.3) is 0 Å². The molecule has 1 aromatic heterocycles. The smallest absolute Gasteiger partial charge is 0.133 e. The average Bonchev–Trinajstić information content (AvgIpc) is 2.44. The van der Waals surface area contributed by atoms with Crippen molar-refractivity contribution in [2.24, 2.45) is 0 Å². The van der Waals surface area contributed by atoms with Crippen molar-refractivity contribution in [1.29, 1.82) is 0 Å². The Bertz CT molecular complexity index is 616. The van der Waals surface area contributed by atoms with Gasteiger partial charge in [-0.05, 0) is 38.5 Å². The van der Waals surface area contributed by atoms with Crippen molar-refractivity contribution in [3.8, 4) is 0 Å². The Morgan fingerprint density at radius 3 is 2.71 bits per heavy atom. The van der Waals surface area contributed by atoms with Gasteiger partial charge >= 0.3 is 0 Å². The maximum Gasteiger partial charge on any atom is 0.133 e. The van der Waals surface area contributed by atoms with Crippen LogP contribution in [0, 0.1) is 6.92 Å². The summed E-state index contributed by atoms with van der Waals surface area (Å²) in [5, 5.41) is 4.37. The number of rotatable bonds is 6. The van der Waals surface area contributed by atoms with E-state index < -0.39 is 0 Å².